The summed E-state index contributed by atoms with van der Waals surface area (Å²) in [6, 6.07) is 6.76. The molecule has 116 valence electrons. The number of benzene rings is 1. The zero-order valence-corrected chi connectivity index (χ0v) is 14.6. The predicted molar refractivity (Wildman–Crippen MR) is 88.7 cm³/mol. The molecule has 2 rings (SSSR count). The summed E-state index contributed by atoms with van der Waals surface area (Å²) in [6.45, 7) is 7.68. The van der Waals surface area contributed by atoms with Crippen LogP contribution < -0.4 is 10.6 Å². The third-order valence-corrected chi connectivity index (χ3v) is 4.46. The Bertz CT molecular complexity index is 519. The molecule has 1 amide bonds. The van der Waals surface area contributed by atoms with Gasteiger partial charge < -0.3 is 15.4 Å². The van der Waals surface area contributed by atoms with Crippen molar-refractivity contribution in [3.63, 3.8) is 0 Å². The molecule has 1 saturated carbocycles. The van der Waals surface area contributed by atoms with Gasteiger partial charge in [-0.2, -0.15) is 0 Å². The first kappa shape index (κ1) is 16.1. The fourth-order valence-corrected chi connectivity index (χ4v) is 2.69. The van der Waals surface area contributed by atoms with Crippen molar-refractivity contribution in [1.29, 1.82) is 0 Å². The van der Waals surface area contributed by atoms with Gasteiger partial charge in [-0.15, -0.1) is 0 Å². The highest BCUT2D eigenvalue weighted by Gasteiger charge is 2.31. The molecule has 4 nitrogen and oxygen atoms in total. The van der Waals surface area contributed by atoms with Gasteiger partial charge in [0.2, 0.25) is 0 Å². The number of aryl methyl sites for hydroxylation is 1. The molecule has 21 heavy (non-hydrogen) atoms. The summed E-state index contributed by atoms with van der Waals surface area (Å²) in [6.07, 6.45) is 1.50. The molecule has 0 atom stereocenters. The van der Waals surface area contributed by atoms with Gasteiger partial charge in [0.25, 0.3) is 0 Å². The minimum atomic E-state index is -0.447. The lowest BCUT2D eigenvalue weighted by molar-refractivity contribution is 0.0475. The lowest BCUT2D eigenvalue weighted by Gasteiger charge is -2.37. The van der Waals surface area contributed by atoms with Crippen LogP contribution >= 0.6 is 15.9 Å². The third-order valence-electron chi connectivity index (χ3n) is 3.41. The first-order valence-electron chi connectivity index (χ1n) is 7.26. The van der Waals surface area contributed by atoms with Crippen molar-refractivity contribution >= 4 is 27.7 Å². The molecule has 1 aliphatic carbocycles. The van der Waals surface area contributed by atoms with Gasteiger partial charge >= 0.3 is 6.09 Å². The molecule has 2 N–H and O–H groups in total. The first-order chi connectivity index (χ1) is 9.74. The standard InChI is InChI=1S/C16H23BrN2O2/c1-10-6-5-7-13(14(10)17)18-11-8-12(9-11)19-15(20)21-16(2,3)4/h5-7,11-12,18H,8-9H2,1-4H3,(H,19,20). The second kappa shape index (κ2) is 6.26. The monoisotopic (exact) mass is 354 g/mol. The van der Waals surface area contributed by atoms with Crippen LogP contribution in [-0.2, 0) is 4.74 Å². The van der Waals surface area contributed by atoms with Gasteiger partial charge in [0.1, 0.15) is 5.60 Å². The van der Waals surface area contributed by atoms with Crippen molar-refractivity contribution in [2.75, 3.05) is 5.32 Å². The molecule has 1 aromatic rings. The Morgan fingerprint density at radius 2 is 1.95 bits per heavy atom. The molecule has 5 heteroatoms. The number of hydrogen-bond acceptors (Lipinski definition) is 3. The molecule has 0 unspecified atom stereocenters. The second-order valence-electron chi connectivity index (χ2n) is 6.59. The summed E-state index contributed by atoms with van der Waals surface area (Å²) >= 11 is 3.60. The van der Waals surface area contributed by atoms with Gasteiger partial charge in [-0.1, -0.05) is 12.1 Å². The number of carbonyl (C=O) groups excluding carboxylic acids is 1. The van der Waals surface area contributed by atoms with Crippen LogP contribution in [0.25, 0.3) is 0 Å². The van der Waals surface area contributed by atoms with Gasteiger partial charge in [0.15, 0.2) is 0 Å². The molecule has 1 fully saturated rings. The minimum absolute atomic E-state index is 0.195. The number of nitrogens with one attached hydrogen (secondary N) is 2. The van der Waals surface area contributed by atoms with Crippen molar-refractivity contribution in [2.45, 2.75) is 58.2 Å². The van der Waals surface area contributed by atoms with E-state index in [1.807, 2.05) is 26.8 Å². The van der Waals surface area contributed by atoms with E-state index >= 15 is 0 Å². The highest BCUT2D eigenvalue weighted by Crippen LogP contribution is 2.30. The Morgan fingerprint density at radius 3 is 2.57 bits per heavy atom. The molecule has 0 spiro atoms. The summed E-state index contributed by atoms with van der Waals surface area (Å²) < 4.78 is 6.36. The maximum atomic E-state index is 11.7. The largest absolute Gasteiger partial charge is 0.444 e. The van der Waals surface area contributed by atoms with Gasteiger partial charge in [-0.05, 0) is 68.1 Å². The number of ether oxygens (including phenoxy) is 1. The molecule has 0 saturated heterocycles. The van der Waals surface area contributed by atoms with Crippen LogP contribution in [0.2, 0.25) is 0 Å². The van der Waals surface area contributed by atoms with E-state index in [0.29, 0.717) is 6.04 Å². The van der Waals surface area contributed by atoms with Crippen LogP contribution in [0.3, 0.4) is 0 Å². The summed E-state index contributed by atoms with van der Waals surface area (Å²) in [5.74, 6) is 0. The normalized spacial score (nSPS) is 21.4. The third kappa shape index (κ3) is 4.63. The molecule has 1 aromatic carbocycles. The van der Waals surface area contributed by atoms with E-state index in [2.05, 4.69) is 45.6 Å². The number of amides is 1. The van der Waals surface area contributed by atoms with E-state index in [1.165, 1.54) is 5.56 Å². The molecule has 0 aromatic heterocycles. The van der Waals surface area contributed by atoms with Crippen molar-refractivity contribution < 1.29 is 9.53 Å². The van der Waals surface area contributed by atoms with Crippen molar-refractivity contribution in [3.8, 4) is 0 Å². The number of hydrogen-bond donors (Lipinski definition) is 2. The van der Waals surface area contributed by atoms with Gasteiger partial charge in [-0.3, -0.25) is 0 Å². The van der Waals surface area contributed by atoms with E-state index in [4.69, 9.17) is 4.74 Å². The zero-order valence-electron chi connectivity index (χ0n) is 13.0. The van der Waals surface area contributed by atoms with E-state index in [0.717, 1.165) is 23.0 Å². The Hall–Kier alpha value is -1.23. The molecule has 1 aliphatic rings. The quantitative estimate of drug-likeness (QED) is 0.853. The van der Waals surface area contributed by atoms with Crippen molar-refractivity contribution in [1.82, 2.24) is 5.32 Å². The Kier molecular flexibility index (Phi) is 4.81. The van der Waals surface area contributed by atoms with Gasteiger partial charge in [0.05, 0.1) is 0 Å². The highest BCUT2D eigenvalue weighted by molar-refractivity contribution is 9.10. The molecular formula is C16H23BrN2O2. The van der Waals surface area contributed by atoms with E-state index < -0.39 is 5.60 Å². The zero-order chi connectivity index (χ0) is 15.6. The molecule has 0 heterocycles. The number of alkyl carbamates (subject to hydrolysis) is 1. The minimum Gasteiger partial charge on any atom is -0.444 e. The molecule has 0 radical (unpaired) electrons. The number of halogens is 1. The van der Waals surface area contributed by atoms with Crippen LogP contribution in [-0.4, -0.2) is 23.8 Å². The highest BCUT2D eigenvalue weighted by atomic mass is 79.9. The van der Waals surface area contributed by atoms with Gasteiger partial charge in [-0.25, -0.2) is 4.79 Å². The van der Waals surface area contributed by atoms with Crippen molar-refractivity contribution in [2.24, 2.45) is 0 Å². The lowest BCUT2D eigenvalue weighted by atomic mass is 9.86. The second-order valence-corrected chi connectivity index (χ2v) is 7.39. The Labute approximate surface area is 134 Å². The molecule has 0 bridgehead atoms. The summed E-state index contributed by atoms with van der Waals surface area (Å²) in [5, 5.41) is 6.40. The van der Waals surface area contributed by atoms with Crippen LogP contribution in [0, 0.1) is 6.92 Å². The Balaban J connectivity index is 1.77. The fraction of sp³-hybridized carbons (Fsp3) is 0.562. The lowest BCUT2D eigenvalue weighted by Crippen LogP contribution is -2.50. The van der Waals surface area contributed by atoms with Crippen molar-refractivity contribution in [3.05, 3.63) is 28.2 Å². The first-order valence-corrected chi connectivity index (χ1v) is 8.05. The topological polar surface area (TPSA) is 50.4 Å². The van der Waals surface area contributed by atoms with E-state index in [-0.39, 0.29) is 12.1 Å². The van der Waals surface area contributed by atoms with E-state index in [9.17, 15) is 4.79 Å². The average molecular weight is 355 g/mol. The Morgan fingerprint density at radius 1 is 1.29 bits per heavy atom. The number of rotatable bonds is 3. The summed E-state index contributed by atoms with van der Waals surface area (Å²) in [4.78, 5) is 11.7. The van der Waals surface area contributed by atoms with Crippen LogP contribution in [0.5, 0.6) is 0 Å². The number of carbonyl (C=O) groups is 1. The average Bonchev–Trinajstić information content (AvgIpc) is 2.29. The van der Waals surface area contributed by atoms with Crippen LogP contribution in [0.4, 0.5) is 10.5 Å². The molecule has 0 aliphatic heterocycles. The predicted octanol–water partition coefficient (Wildman–Crippen LogP) is 4.23. The number of anilines is 1. The maximum absolute atomic E-state index is 11.7. The van der Waals surface area contributed by atoms with E-state index in [1.54, 1.807) is 0 Å². The van der Waals surface area contributed by atoms with Crippen LogP contribution in [0.15, 0.2) is 22.7 Å². The summed E-state index contributed by atoms with van der Waals surface area (Å²) in [5.41, 5.74) is 1.87. The van der Waals surface area contributed by atoms with Gasteiger partial charge in [0, 0.05) is 22.2 Å². The SMILES string of the molecule is Cc1cccc(NC2CC(NC(=O)OC(C)(C)C)C2)c1Br. The maximum Gasteiger partial charge on any atom is 0.407 e. The fourth-order valence-electron chi connectivity index (χ4n) is 2.31. The smallest absolute Gasteiger partial charge is 0.407 e. The molecular weight excluding hydrogens is 332 g/mol. The van der Waals surface area contributed by atoms with Crippen LogP contribution in [0.1, 0.15) is 39.2 Å². The summed E-state index contributed by atoms with van der Waals surface area (Å²) in [7, 11) is 0.